The molecule has 1 aromatic rings. The number of methoxy groups -OCH3 is 1. The van der Waals surface area contributed by atoms with Crippen LogP contribution in [0.5, 0.6) is 0 Å². The fourth-order valence-corrected chi connectivity index (χ4v) is 3.01. The lowest BCUT2D eigenvalue weighted by Crippen LogP contribution is -2.29. The molecule has 1 saturated heterocycles. The van der Waals surface area contributed by atoms with Crippen molar-refractivity contribution in [3.8, 4) is 0 Å². The Morgan fingerprint density at radius 3 is 3.15 bits per heavy atom. The molecule has 2 heterocycles. The second kappa shape index (κ2) is 6.87. The van der Waals surface area contributed by atoms with Gasteiger partial charge in [0.2, 0.25) is 0 Å². The maximum absolute atomic E-state index is 12.4. The summed E-state index contributed by atoms with van der Waals surface area (Å²) in [5, 5.41) is 12.8. The van der Waals surface area contributed by atoms with Gasteiger partial charge in [0.1, 0.15) is 10.7 Å². The number of aliphatic hydroxyl groups is 1. The van der Waals surface area contributed by atoms with Gasteiger partial charge in [-0.3, -0.25) is 4.79 Å². The van der Waals surface area contributed by atoms with Crippen LogP contribution in [0.2, 0.25) is 0 Å². The Morgan fingerprint density at radius 1 is 1.70 bits per heavy atom. The molecular formula is C12H20N4O3S. The normalized spacial score (nSPS) is 18.5. The lowest BCUT2D eigenvalue weighted by atomic mass is 10.1. The van der Waals surface area contributed by atoms with Crippen LogP contribution in [0, 0.1) is 5.92 Å². The van der Waals surface area contributed by atoms with Crippen LogP contribution < -0.4 is 11.1 Å². The quantitative estimate of drug-likeness (QED) is 0.651. The van der Waals surface area contributed by atoms with Crippen LogP contribution in [0.4, 0.5) is 10.9 Å². The minimum absolute atomic E-state index is 0.101. The SMILES string of the molecule is COCCNc1nc(N)c(C(=O)N2CCC(CO)C2)s1. The van der Waals surface area contributed by atoms with Crippen LogP contribution in [0.1, 0.15) is 16.1 Å². The zero-order valence-electron chi connectivity index (χ0n) is 11.5. The molecule has 1 aliphatic rings. The van der Waals surface area contributed by atoms with E-state index in [9.17, 15) is 4.79 Å². The van der Waals surface area contributed by atoms with Gasteiger partial charge in [-0.15, -0.1) is 0 Å². The molecule has 1 unspecified atom stereocenters. The summed E-state index contributed by atoms with van der Waals surface area (Å²) in [5.41, 5.74) is 5.81. The first-order valence-electron chi connectivity index (χ1n) is 6.55. The van der Waals surface area contributed by atoms with E-state index >= 15 is 0 Å². The Balaban J connectivity index is 1.99. The number of thiazole rings is 1. The van der Waals surface area contributed by atoms with E-state index in [1.807, 2.05) is 0 Å². The smallest absolute Gasteiger partial charge is 0.267 e. The van der Waals surface area contributed by atoms with E-state index in [0.29, 0.717) is 36.2 Å². The summed E-state index contributed by atoms with van der Waals surface area (Å²) in [4.78, 5) is 18.7. The number of carbonyl (C=O) groups excluding carboxylic acids is 1. The van der Waals surface area contributed by atoms with Crippen LogP contribution in [-0.4, -0.2) is 60.9 Å². The van der Waals surface area contributed by atoms with Crippen molar-refractivity contribution in [3.63, 3.8) is 0 Å². The number of nitrogens with one attached hydrogen (secondary N) is 1. The summed E-state index contributed by atoms with van der Waals surface area (Å²) in [6.07, 6.45) is 0.833. The lowest BCUT2D eigenvalue weighted by Gasteiger charge is -2.14. The Bertz CT molecular complexity index is 466. The number of hydrogen-bond donors (Lipinski definition) is 3. The Hall–Kier alpha value is -1.38. The van der Waals surface area contributed by atoms with Gasteiger partial charge in [0, 0.05) is 39.3 Å². The molecule has 0 aromatic carbocycles. The van der Waals surface area contributed by atoms with Crippen molar-refractivity contribution in [1.82, 2.24) is 9.88 Å². The summed E-state index contributed by atoms with van der Waals surface area (Å²) in [6, 6.07) is 0. The molecule has 0 aliphatic carbocycles. The van der Waals surface area contributed by atoms with Gasteiger partial charge in [0.25, 0.3) is 5.91 Å². The fourth-order valence-electron chi connectivity index (χ4n) is 2.13. The molecule has 112 valence electrons. The third-order valence-electron chi connectivity index (χ3n) is 3.26. The molecule has 1 aromatic heterocycles. The van der Waals surface area contributed by atoms with E-state index in [-0.39, 0.29) is 24.2 Å². The lowest BCUT2D eigenvalue weighted by molar-refractivity contribution is 0.0787. The van der Waals surface area contributed by atoms with Gasteiger partial charge in [0.05, 0.1) is 6.61 Å². The monoisotopic (exact) mass is 300 g/mol. The first-order chi connectivity index (χ1) is 9.65. The number of ether oxygens (including phenoxy) is 1. The number of nitrogens with zero attached hydrogens (tertiary/aromatic N) is 2. The Kier molecular flexibility index (Phi) is 5.16. The molecule has 1 fully saturated rings. The van der Waals surface area contributed by atoms with Gasteiger partial charge in [-0.1, -0.05) is 11.3 Å². The molecule has 0 radical (unpaired) electrons. The maximum atomic E-state index is 12.4. The third-order valence-corrected chi connectivity index (χ3v) is 4.28. The summed E-state index contributed by atoms with van der Waals surface area (Å²) >= 11 is 1.26. The summed E-state index contributed by atoms with van der Waals surface area (Å²) < 4.78 is 4.94. The third kappa shape index (κ3) is 3.38. The van der Waals surface area contributed by atoms with Crippen molar-refractivity contribution < 1.29 is 14.6 Å². The first kappa shape index (κ1) is 15.0. The highest BCUT2D eigenvalue weighted by molar-refractivity contribution is 7.18. The van der Waals surface area contributed by atoms with E-state index in [1.165, 1.54) is 11.3 Å². The minimum Gasteiger partial charge on any atom is -0.396 e. The molecular weight excluding hydrogens is 280 g/mol. The molecule has 8 heteroatoms. The van der Waals surface area contributed by atoms with Gasteiger partial charge in [0.15, 0.2) is 5.13 Å². The Labute approximate surface area is 121 Å². The largest absolute Gasteiger partial charge is 0.396 e. The molecule has 1 amide bonds. The number of carbonyl (C=O) groups is 1. The van der Waals surface area contributed by atoms with Crippen LogP contribution in [0.3, 0.4) is 0 Å². The van der Waals surface area contributed by atoms with E-state index in [2.05, 4.69) is 10.3 Å². The van der Waals surface area contributed by atoms with E-state index in [4.69, 9.17) is 15.6 Å². The molecule has 0 saturated carbocycles. The highest BCUT2D eigenvalue weighted by Crippen LogP contribution is 2.28. The summed E-state index contributed by atoms with van der Waals surface area (Å²) in [6.45, 7) is 2.54. The number of likely N-dealkylation sites (tertiary alicyclic amines) is 1. The number of hydrogen-bond acceptors (Lipinski definition) is 7. The van der Waals surface area contributed by atoms with E-state index in [1.54, 1.807) is 12.0 Å². The topological polar surface area (TPSA) is 101 Å². The predicted octanol–water partition coefficient (Wildman–Crippen LogP) is 0.238. The number of nitrogens with two attached hydrogens (primary N) is 1. The second-order valence-electron chi connectivity index (χ2n) is 4.74. The van der Waals surface area contributed by atoms with Crippen molar-refractivity contribution in [2.45, 2.75) is 6.42 Å². The van der Waals surface area contributed by atoms with Crippen molar-refractivity contribution in [1.29, 1.82) is 0 Å². The van der Waals surface area contributed by atoms with Crippen molar-refractivity contribution >= 4 is 28.2 Å². The molecule has 4 N–H and O–H groups in total. The van der Waals surface area contributed by atoms with Gasteiger partial charge in [-0.05, 0) is 6.42 Å². The maximum Gasteiger partial charge on any atom is 0.267 e. The van der Waals surface area contributed by atoms with Crippen molar-refractivity contribution in [2.24, 2.45) is 5.92 Å². The van der Waals surface area contributed by atoms with Gasteiger partial charge in [-0.25, -0.2) is 4.98 Å². The van der Waals surface area contributed by atoms with Crippen molar-refractivity contribution in [2.75, 3.05) is 51.0 Å². The Morgan fingerprint density at radius 2 is 2.50 bits per heavy atom. The highest BCUT2D eigenvalue weighted by atomic mass is 32.1. The van der Waals surface area contributed by atoms with Crippen LogP contribution in [0.25, 0.3) is 0 Å². The fraction of sp³-hybridized carbons (Fsp3) is 0.667. The summed E-state index contributed by atoms with van der Waals surface area (Å²) in [5.74, 6) is 0.329. The first-order valence-corrected chi connectivity index (χ1v) is 7.36. The standard InChI is InChI=1S/C12H20N4O3S/c1-19-5-3-14-12-15-10(13)9(20-12)11(18)16-4-2-8(6-16)7-17/h8,17H,2-7,13H2,1H3,(H,14,15). The molecule has 0 bridgehead atoms. The number of anilines is 2. The van der Waals surface area contributed by atoms with Gasteiger partial charge < -0.3 is 25.8 Å². The molecule has 1 aliphatic heterocycles. The van der Waals surface area contributed by atoms with E-state index in [0.717, 1.165) is 6.42 Å². The average Bonchev–Trinajstić information content (AvgIpc) is 3.05. The molecule has 1 atom stereocenters. The average molecular weight is 300 g/mol. The molecule has 0 spiro atoms. The number of aromatic nitrogens is 1. The van der Waals surface area contributed by atoms with Crippen LogP contribution >= 0.6 is 11.3 Å². The van der Waals surface area contributed by atoms with Gasteiger partial charge in [-0.2, -0.15) is 0 Å². The number of nitrogen functional groups attached to an aromatic ring is 1. The number of amides is 1. The molecule has 2 rings (SSSR count). The van der Waals surface area contributed by atoms with Crippen LogP contribution in [-0.2, 0) is 4.74 Å². The zero-order chi connectivity index (χ0) is 14.5. The highest BCUT2D eigenvalue weighted by Gasteiger charge is 2.29. The molecule has 7 nitrogen and oxygen atoms in total. The zero-order valence-corrected chi connectivity index (χ0v) is 12.3. The van der Waals surface area contributed by atoms with Gasteiger partial charge >= 0.3 is 0 Å². The molecule has 20 heavy (non-hydrogen) atoms. The van der Waals surface area contributed by atoms with Crippen molar-refractivity contribution in [3.05, 3.63) is 4.88 Å². The van der Waals surface area contributed by atoms with E-state index < -0.39 is 0 Å². The van der Waals surface area contributed by atoms with Crippen LogP contribution in [0.15, 0.2) is 0 Å². The predicted molar refractivity (Wildman–Crippen MR) is 78.0 cm³/mol. The minimum atomic E-state index is -0.101. The number of aliphatic hydroxyl groups excluding tert-OH is 1. The summed E-state index contributed by atoms with van der Waals surface area (Å²) in [7, 11) is 1.62. The number of rotatable bonds is 6. The second-order valence-corrected chi connectivity index (χ2v) is 5.74.